The molecule has 110 valence electrons. The summed E-state index contributed by atoms with van der Waals surface area (Å²) in [5.74, 6) is -1.29. The van der Waals surface area contributed by atoms with Gasteiger partial charge in [0.15, 0.2) is 0 Å². The molecule has 0 heterocycles. The highest BCUT2D eigenvalue weighted by Gasteiger charge is 2.25. The summed E-state index contributed by atoms with van der Waals surface area (Å²) in [4.78, 5) is 24.6. The lowest BCUT2D eigenvalue weighted by Gasteiger charge is -2.27. The second-order valence-corrected chi connectivity index (χ2v) is 4.38. The summed E-state index contributed by atoms with van der Waals surface area (Å²) in [5.41, 5.74) is 7.07. The largest absolute Gasteiger partial charge is 0.481 e. The van der Waals surface area contributed by atoms with E-state index in [1.807, 2.05) is 19.1 Å². The SMILES string of the molecule is COC(CN)C(=O)N(CCC(=O)O)c1ccccc1C. The molecule has 0 aliphatic heterocycles. The molecule has 0 bridgehead atoms. The Balaban J connectivity index is 3.05. The van der Waals surface area contributed by atoms with Crippen LogP contribution < -0.4 is 10.6 Å². The Morgan fingerprint density at radius 3 is 2.55 bits per heavy atom. The van der Waals surface area contributed by atoms with Crippen molar-refractivity contribution in [3.8, 4) is 0 Å². The Morgan fingerprint density at radius 1 is 1.40 bits per heavy atom. The fourth-order valence-corrected chi connectivity index (χ4v) is 1.89. The highest BCUT2D eigenvalue weighted by molar-refractivity contribution is 5.97. The van der Waals surface area contributed by atoms with Crippen LogP contribution in [0.2, 0.25) is 0 Å². The number of nitrogens with two attached hydrogens (primary N) is 1. The number of carboxylic acid groups (broad SMARTS) is 1. The van der Waals surface area contributed by atoms with E-state index in [4.69, 9.17) is 15.6 Å². The number of aliphatic carboxylic acids is 1. The number of carboxylic acids is 1. The molecule has 20 heavy (non-hydrogen) atoms. The van der Waals surface area contributed by atoms with Crippen molar-refractivity contribution in [2.24, 2.45) is 5.73 Å². The quantitative estimate of drug-likeness (QED) is 0.769. The highest BCUT2D eigenvalue weighted by atomic mass is 16.5. The zero-order valence-corrected chi connectivity index (χ0v) is 11.7. The molecule has 1 aromatic carbocycles. The van der Waals surface area contributed by atoms with Gasteiger partial charge in [-0.1, -0.05) is 18.2 Å². The molecule has 1 aromatic rings. The number of ether oxygens (including phenoxy) is 1. The Labute approximate surface area is 118 Å². The van der Waals surface area contributed by atoms with Gasteiger partial charge >= 0.3 is 5.97 Å². The molecular weight excluding hydrogens is 260 g/mol. The molecule has 0 aliphatic carbocycles. The predicted octanol–water partition coefficient (Wildman–Crippen LogP) is 0.776. The van der Waals surface area contributed by atoms with Crippen LogP contribution in [0.3, 0.4) is 0 Å². The van der Waals surface area contributed by atoms with E-state index < -0.39 is 12.1 Å². The maximum Gasteiger partial charge on any atom is 0.305 e. The standard InChI is InChI=1S/C14H20N2O4/c1-10-5-3-4-6-11(10)16(8-7-13(17)18)14(19)12(9-15)20-2/h3-6,12H,7-9,15H2,1-2H3,(H,17,18). The smallest absolute Gasteiger partial charge is 0.305 e. The Hall–Kier alpha value is -1.92. The second kappa shape index (κ2) is 7.62. The number of rotatable bonds is 7. The Morgan fingerprint density at radius 2 is 2.05 bits per heavy atom. The number of benzene rings is 1. The zero-order valence-electron chi connectivity index (χ0n) is 11.7. The predicted molar refractivity (Wildman–Crippen MR) is 75.6 cm³/mol. The third kappa shape index (κ3) is 4.04. The molecule has 0 aliphatic rings. The number of hydrogen-bond acceptors (Lipinski definition) is 4. The number of carbonyl (C=O) groups excluding carboxylic acids is 1. The molecule has 6 heteroatoms. The van der Waals surface area contributed by atoms with E-state index in [0.29, 0.717) is 5.69 Å². The molecule has 1 rings (SSSR count). The minimum absolute atomic E-state index is 0.0464. The van der Waals surface area contributed by atoms with Gasteiger partial charge in [-0.3, -0.25) is 9.59 Å². The molecule has 3 N–H and O–H groups in total. The normalized spacial score (nSPS) is 11.9. The molecule has 0 saturated heterocycles. The number of anilines is 1. The van der Waals surface area contributed by atoms with Gasteiger partial charge in [-0.25, -0.2) is 0 Å². The van der Waals surface area contributed by atoms with Gasteiger partial charge in [-0.05, 0) is 18.6 Å². The Bertz CT molecular complexity index is 472. The van der Waals surface area contributed by atoms with Crippen LogP contribution in [0.5, 0.6) is 0 Å². The lowest BCUT2D eigenvalue weighted by molar-refractivity contribution is -0.136. The Kier molecular flexibility index (Phi) is 6.14. The van der Waals surface area contributed by atoms with Crippen LogP contribution in [0.25, 0.3) is 0 Å². The van der Waals surface area contributed by atoms with Crippen molar-refractivity contribution in [3.63, 3.8) is 0 Å². The van der Waals surface area contributed by atoms with Crippen molar-refractivity contribution in [1.29, 1.82) is 0 Å². The van der Waals surface area contributed by atoms with Gasteiger partial charge < -0.3 is 20.5 Å². The number of hydrogen-bond donors (Lipinski definition) is 2. The van der Waals surface area contributed by atoms with E-state index in [0.717, 1.165) is 5.56 Å². The van der Waals surface area contributed by atoms with Gasteiger partial charge in [0, 0.05) is 25.9 Å². The summed E-state index contributed by atoms with van der Waals surface area (Å²) in [6.45, 7) is 1.99. The number of methoxy groups -OCH3 is 1. The molecule has 1 amide bonds. The summed E-state index contributed by atoms with van der Waals surface area (Å²) in [6.07, 6.45) is -0.912. The summed E-state index contributed by atoms with van der Waals surface area (Å²) >= 11 is 0. The minimum Gasteiger partial charge on any atom is -0.481 e. The number of aryl methyl sites for hydroxylation is 1. The van der Waals surface area contributed by atoms with Crippen LogP contribution in [0.4, 0.5) is 5.69 Å². The van der Waals surface area contributed by atoms with Gasteiger partial charge in [0.2, 0.25) is 0 Å². The maximum absolute atomic E-state index is 12.4. The van der Waals surface area contributed by atoms with Crippen molar-refractivity contribution >= 4 is 17.6 Å². The lowest BCUT2D eigenvalue weighted by Crippen LogP contribution is -2.45. The van der Waals surface area contributed by atoms with Crippen LogP contribution in [0, 0.1) is 6.92 Å². The monoisotopic (exact) mass is 280 g/mol. The molecule has 0 aromatic heterocycles. The molecule has 1 atom stereocenters. The molecule has 0 saturated carbocycles. The molecule has 0 fully saturated rings. The summed E-state index contributed by atoms with van der Waals surface area (Å²) in [6, 6.07) is 7.29. The summed E-state index contributed by atoms with van der Waals surface area (Å²) in [7, 11) is 1.41. The summed E-state index contributed by atoms with van der Waals surface area (Å²) < 4.78 is 5.05. The molecule has 0 radical (unpaired) electrons. The van der Waals surface area contributed by atoms with Crippen molar-refractivity contribution in [2.75, 3.05) is 25.1 Å². The van der Waals surface area contributed by atoms with Crippen LogP contribution in [0.15, 0.2) is 24.3 Å². The van der Waals surface area contributed by atoms with Crippen LogP contribution in [-0.4, -0.2) is 43.3 Å². The van der Waals surface area contributed by atoms with Crippen molar-refractivity contribution in [1.82, 2.24) is 0 Å². The van der Waals surface area contributed by atoms with E-state index in [-0.39, 0.29) is 25.4 Å². The van der Waals surface area contributed by atoms with Gasteiger partial charge in [0.05, 0.1) is 6.42 Å². The second-order valence-electron chi connectivity index (χ2n) is 4.38. The molecule has 6 nitrogen and oxygen atoms in total. The van der Waals surface area contributed by atoms with Crippen LogP contribution in [-0.2, 0) is 14.3 Å². The van der Waals surface area contributed by atoms with E-state index in [1.165, 1.54) is 12.0 Å². The van der Waals surface area contributed by atoms with Gasteiger partial charge in [0.25, 0.3) is 5.91 Å². The zero-order chi connectivity index (χ0) is 15.1. The number of amides is 1. The van der Waals surface area contributed by atoms with Crippen molar-refractivity contribution in [2.45, 2.75) is 19.4 Å². The third-order valence-corrected chi connectivity index (χ3v) is 3.00. The molecule has 0 spiro atoms. The van der Waals surface area contributed by atoms with Crippen molar-refractivity contribution < 1.29 is 19.4 Å². The highest BCUT2D eigenvalue weighted by Crippen LogP contribution is 2.21. The van der Waals surface area contributed by atoms with Crippen molar-refractivity contribution in [3.05, 3.63) is 29.8 Å². The number of para-hydroxylation sites is 1. The fraction of sp³-hybridized carbons (Fsp3) is 0.429. The minimum atomic E-state index is -0.960. The average Bonchev–Trinajstić information content (AvgIpc) is 2.42. The fourth-order valence-electron chi connectivity index (χ4n) is 1.89. The van der Waals surface area contributed by atoms with Gasteiger partial charge in [-0.15, -0.1) is 0 Å². The summed E-state index contributed by atoms with van der Waals surface area (Å²) in [5, 5.41) is 8.82. The van der Waals surface area contributed by atoms with Gasteiger partial charge in [-0.2, -0.15) is 0 Å². The van der Waals surface area contributed by atoms with E-state index in [2.05, 4.69) is 0 Å². The third-order valence-electron chi connectivity index (χ3n) is 3.00. The van der Waals surface area contributed by atoms with E-state index in [1.54, 1.807) is 12.1 Å². The topological polar surface area (TPSA) is 92.9 Å². The first-order chi connectivity index (χ1) is 9.51. The molecule has 1 unspecified atom stereocenters. The first kappa shape index (κ1) is 16.1. The average molecular weight is 280 g/mol. The van der Waals surface area contributed by atoms with Crippen LogP contribution >= 0.6 is 0 Å². The van der Waals surface area contributed by atoms with E-state index in [9.17, 15) is 9.59 Å². The first-order valence-electron chi connectivity index (χ1n) is 6.33. The van der Waals surface area contributed by atoms with E-state index >= 15 is 0 Å². The van der Waals surface area contributed by atoms with Gasteiger partial charge in [0.1, 0.15) is 6.10 Å². The molecular formula is C14H20N2O4. The van der Waals surface area contributed by atoms with Crippen LogP contribution in [0.1, 0.15) is 12.0 Å². The number of nitrogens with zero attached hydrogens (tertiary/aromatic N) is 1. The lowest BCUT2D eigenvalue weighted by atomic mass is 10.1. The number of carbonyl (C=O) groups is 2. The first-order valence-corrected chi connectivity index (χ1v) is 6.33. The maximum atomic E-state index is 12.4.